The fourth-order valence-corrected chi connectivity index (χ4v) is 2.11. The van der Waals surface area contributed by atoms with Crippen LogP contribution in [0.1, 0.15) is 37.0 Å². The molecule has 0 N–H and O–H groups in total. The maximum atomic E-state index is 12.8. The van der Waals surface area contributed by atoms with Crippen LogP contribution in [-0.2, 0) is 0 Å². The first-order chi connectivity index (χ1) is 7.10. The number of carbonyl (C=O) groups is 1. The third-order valence-electron chi connectivity index (χ3n) is 2.55. The van der Waals surface area contributed by atoms with Gasteiger partial charge in [-0.05, 0) is 47.0 Å². The second kappa shape index (κ2) is 5.40. The van der Waals surface area contributed by atoms with Gasteiger partial charge in [-0.3, -0.25) is 4.79 Å². The molecule has 0 saturated heterocycles. The molecule has 0 amide bonds. The van der Waals surface area contributed by atoms with Crippen LogP contribution in [0.5, 0.6) is 0 Å². The molecule has 82 valence electrons. The number of carbonyl (C=O) groups excluding carboxylic acids is 1. The van der Waals surface area contributed by atoms with E-state index in [1.54, 1.807) is 6.07 Å². The molecule has 3 heteroatoms. The molecule has 0 atom stereocenters. The summed E-state index contributed by atoms with van der Waals surface area (Å²) in [5.74, 6) is -0.207. The maximum absolute atomic E-state index is 12.8. The summed E-state index contributed by atoms with van der Waals surface area (Å²) in [7, 11) is 0. The van der Waals surface area contributed by atoms with Crippen LogP contribution in [0.25, 0.3) is 0 Å². The van der Waals surface area contributed by atoms with E-state index < -0.39 is 0 Å². The number of hydrogen-bond donors (Lipinski definition) is 0. The van der Waals surface area contributed by atoms with E-state index in [0.29, 0.717) is 10.0 Å². The highest BCUT2D eigenvalue weighted by Crippen LogP contribution is 2.23. The Balaban J connectivity index is 3.00. The first kappa shape index (κ1) is 12.4. The largest absolute Gasteiger partial charge is 0.294 e. The minimum absolute atomic E-state index is 0.0340. The van der Waals surface area contributed by atoms with Crippen LogP contribution in [0.4, 0.5) is 4.39 Å². The summed E-state index contributed by atoms with van der Waals surface area (Å²) in [5, 5.41) is 0. The zero-order chi connectivity index (χ0) is 11.4. The topological polar surface area (TPSA) is 17.1 Å². The van der Waals surface area contributed by atoms with Gasteiger partial charge < -0.3 is 0 Å². The van der Waals surface area contributed by atoms with E-state index in [0.717, 1.165) is 12.8 Å². The predicted octanol–water partition coefficient (Wildman–Crippen LogP) is 4.21. The molecule has 1 aromatic carbocycles. The summed E-state index contributed by atoms with van der Waals surface area (Å²) in [4.78, 5) is 12.0. The number of halogens is 2. The smallest absolute Gasteiger partial charge is 0.167 e. The van der Waals surface area contributed by atoms with Gasteiger partial charge in [0.1, 0.15) is 5.82 Å². The summed E-state index contributed by atoms with van der Waals surface area (Å²) >= 11 is 3.21. The summed E-state index contributed by atoms with van der Waals surface area (Å²) in [6.45, 7) is 3.98. The Hall–Kier alpha value is -0.700. The van der Waals surface area contributed by atoms with Crippen LogP contribution in [-0.4, -0.2) is 5.78 Å². The lowest BCUT2D eigenvalue weighted by atomic mass is 9.93. The minimum atomic E-state index is -0.331. The molecule has 0 spiro atoms. The quantitative estimate of drug-likeness (QED) is 0.751. The van der Waals surface area contributed by atoms with Gasteiger partial charge in [-0.15, -0.1) is 0 Å². The molecule has 1 aromatic rings. The van der Waals surface area contributed by atoms with Gasteiger partial charge in [0.2, 0.25) is 0 Å². The van der Waals surface area contributed by atoms with Gasteiger partial charge in [0, 0.05) is 16.0 Å². The molecule has 0 heterocycles. The van der Waals surface area contributed by atoms with Gasteiger partial charge in [0.15, 0.2) is 5.78 Å². The van der Waals surface area contributed by atoms with Crippen LogP contribution in [0.15, 0.2) is 22.7 Å². The van der Waals surface area contributed by atoms with Crippen molar-refractivity contribution in [3.63, 3.8) is 0 Å². The number of benzene rings is 1. The minimum Gasteiger partial charge on any atom is -0.294 e. The summed E-state index contributed by atoms with van der Waals surface area (Å²) in [6.07, 6.45) is 1.64. The lowest BCUT2D eigenvalue weighted by Crippen LogP contribution is -2.13. The third kappa shape index (κ3) is 2.88. The highest BCUT2D eigenvalue weighted by molar-refractivity contribution is 9.10. The molecule has 0 radical (unpaired) electrons. The van der Waals surface area contributed by atoms with E-state index >= 15 is 0 Å². The second-order valence-electron chi connectivity index (χ2n) is 3.50. The Labute approximate surface area is 97.8 Å². The molecule has 0 saturated carbocycles. The van der Waals surface area contributed by atoms with Crippen LogP contribution in [0, 0.1) is 11.7 Å². The van der Waals surface area contributed by atoms with Crippen LogP contribution < -0.4 is 0 Å². The van der Waals surface area contributed by atoms with E-state index in [1.165, 1.54) is 12.1 Å². The standard InChI is InChI=1S/C12H14BrFO/c1-3-8(4-2)12(15)10-6-5-9(14)7-11(10)13/h5-8H,3-4H2,1-2H3. The van der Waals surface area contributed by atoms with E-state index in [-0.39, 0.29) is 17.5 Å². The lowest BCUT2D eigenvalue weighted by molar-refractivity contribution is 0.0912. The first-order valence-corrected chi connectivity index (χ1v) is 5.88. The van der Waals surface area contributed by atoms with Crippen molar-refractivity contribution >= 4 is 21.7 Å². The summed E-state index contributed by atoms with van der Waals surface area (Å²) < 4.78 is 13.4. The van der Waals surface area contributed by atoms with Crippen molar-refractivity contribution < 1.29 is 9.18 Å². The van der Waals surface area contributed by atoms with Crippen molar-refractivity contribution in [3.05, 3.63) is 34.1 Å². The molecule has 0 bridgehead atoms. The summed E-state index contributed by atoms with van der Waals surface area (Å²) in [6, 6.07) is 4.19. The Morgan fingerprint density at radius 2 is 2.00 bits per heavy atom. The highest BCUT2D eigenvalue weighted by atomic mass is 79.9. The summed E-state index contributed by atoms with van der Waals surface area (Å²) in [5.41, 5.74) is 0.574. The van der Waals surface area contributed by atoms with Gasteiger partial charge >= 0.3 is 0 Å². The number of rotatable bonds is 4. The number of hydrogen-bond acceptors (Lipinski definition) is 1. The Bertz CT molecular complexity index is 359. The first-order valence-electron chi connectivity index (χ1n) is 5.09. The zero-order valence-corrected chi connectivity index (χ0v) is 10.5. The van der Waals surface area contributed by atoms with Gasteiger partial charge in [-0.25, -0.2) is 4.39 Å². The Morgan fingerprint density at radius 3 is 2.47 bits per heavy atom. The van der Waals surface area contributed by atoms with Gasteiger partial charge in [0.25, 0.3) is 0 Å². The normalized spacial score (nSPS) is 10.7. The Kier molecular flexibility index (Phi) is 4.45. The van der Waals surface area contributed by atoms with E-state index in [4.69, 9.17) is 0 Å². The fraction of sp³-hybridized carbons (Fsp3) is 0.417. The fourth-order valence-electron chi connectivity index (χ4n) is 1.57. The monoisotopic (exact) mass is 272 g/mol. The molecule has 15 heavy (non-hydrogen) atoms. The zero-order valence-electron chi connectivity index (χ0n) is 8.89. The van der Waals surface area contributed by atoms with E-state index in [1.807, 2.05) is 13.8 Å². The molecular formula is C12H14BrFO. The van der Waals surface area contributed by atoms with Crippen molar-refractivity contribution in [2.45, 2.75) is 26.7 Å². The molecule has 0 aromatic heterocycles. The van der Waals surface area contributed by atoms with E-state index in [9.17, 15) is 9.18 Å². The van der Waals surface area contributed by atoms with Gasteiger partial charge in [0.05, 0.1) is 0 Å². The molecule has 1 nitrogen and oxygen atoms in total. The molecule has 0 fully saturated rings. The lowest BCUT2D eigenvalue weighted by Gasteiger charge is -2.12. The van der Waals surface area contributed by atoms with Crippen molar-refractivity contribution in [1.29, 1.82) is 0 Å². The van der Waals surface area contributed by atoms with Crippen LogP contribution in [0.2, 0.25) is 0 Å². The van der Waals surface area contributed by atoms with Crippen LogP contribution in [0.3, 0.4) is 0 Å². The van der Waals surface area contributed by atoms with Gasteiger partial charge in [-0.2, -0.15) is 0 Å². The third-order valence-corrected chi connectivity index (χ3v) is 3.21. The average Bonchev–Trinajstić information content (AvgIpc) is 2.19. The molecule has 0 aliphatic carbocycles. The second-order valence-corrected chi connectivity index (χ2v) is 4.36. The van der Waals surface area contributed by atoms with Crippen molar-refractivity contribution in [1.82, 2.24) is 0 Å². The van der Waals surface area contributed by atoms with Crippen molar-refractivity contribution in [2.24, 2.45) is 5.92 Å². The van der Waals surface area contributed by atoms with E-state index in [2.05, 4.69) is 15.9 Å². The van der Waals surface area contributed by atoms with Crippen LogP contribution >= 0.6 is 15.9 Å². The highest BCUT2D eigenvalue weighted by Gasteiger charge is 2.18. The average molecular weight is 273 g/mol. The maximum Gasteiger partial charge on any atom is 0.167 e. The number of ketones is 1. The SMILES string of the molecule is CCC(CC)C(=O)c1ccc(F)cc1Br. The van der Waals surface area contributed by atoms with Crippen molar-refractivity contribution in [2.75, 3.05) is 0 Å². The molecule has 1 rings (SSSR count). The molecular weight excluding hydrogens is 259 g/mol. The molecule has 0 unspecified atom stereocenters. The van der Waals surface area contributed by atoms with Gasteiger partial charge in [-0.1, -0.05) is 13.8 Å². The number of Topliss-reactive ketones (excluding diaryl/α,β-unsaturated/α-hetero) is 1. The predicted molar refractivity (Wildman–Crippen MR) is 62.5 cm³/mol. The Morgan fingerprint density at radius 1 is 1.40 bits per heavy atom. The molecule has 0 aliphatic heterocycles. The molecule has 0 aliphatic rings. The van der Waals surface area contributed by atoms with Crippen molar-refractivity contribution in [3.8, 4) is 0 Å².